The first kappa shape index (κ1) is 15.7. The van der Waals surface area contributed by atoms with E-state index in [2.05, 4.69) is 5.32 Å². The number of rotatable bonds is 3. The lowest BCUT2D eigenvalue weighted by molar-refractivity contribution is -0.385. The van der Waals surface area contributed by atoms with E-state index >= 15 is 0 Å². The number of benzene rings is 1. The zero-order valence-corrected chi connectivity index (χ0v) is 13.0. The third-order valence-corrected chi connectivity index (χ3v) is 4.09. The molecule has 2 aliphatic rings. The Balaban J connectivity index is 2.19. The molecular weight excluding hydrogens is 316 g/mol. The van der Waals surface area contributed by atoms with Crippen molar-refractivity contribution in [3.8, 4) is 0 Å². The number of hydrogen-bond acceptors (Lipinski definition) is 7. The summed E-state index contributed by atoms with van der Waals surface area (Å²) in [6, 6.07) is 5.32. The van der Waals surface area contributed by atoms with Crippen molar-refractivity contribution in [1.29, 1.82) is 0 Å². The Kier molecular flexibility index (Phi) is 3.80. The van der Waals surface area contributed by atoms with E-state index in [4.69, 9.17) is 9.47 Å². The molecule has 0 unspecified atom stereocenters. The van der Waals surface area contributed by atoms with Gasteiger partial charge in [-0.1, -0.05) is 12.1 Å². The fourth-order valence-electron chi connectivity index (χ4n) is 3.01. The maximum absolute atomic E-state index is 12.3. The van der Waals surface area contributed by atoms with Gasteiger partial charge in [0.25, 0.3) is 5.69 Å². The number of nitro benzene ring substituents is 1. The second-order valence-electron chi connectivity index (χ2n) is 5.35. The number of esters is 2. The molecule has 0 fully saturated rings. The van der Waals surface area contributed by atoms with Gasteiger partial charge in [0.2, 0.25) is 0 Å². The van der Waals surface area contributed by atoms with Gasteiger partial charge < -0.3 is 14.8 Å². The number of hydrogen-bond donors (Lipinski definition) is 1. The Morgan fingerprint density at radius 2 is 2.12 bits per heavy atom. The summed E-state index contributed by atoms with van der Waals surface area (Å²) in [5.74, 6) is -1.19. The summed E-state index contributed by atoms with van der Waals surface area (Å²) in [5, 5.41) is 14.4. The molecule has 0 aromatic heterocycles. The van der Waals surface area contributed by atoms with Crippen LogP contribution in [-0.4, -0.2) is 30.6 Å². The van der Waals surface area contributed by atoms with Crippen LogP contribution in [0.15, 0.2) is 46.7 Å². The van der Waals surface area contributed by atoms with Crippen LogP contribution in [0.4, 0.5) is 5.69 Å². The van der Waals surface area contributed by atoms with Crippen molar-refractivity contribution in [2.45, 2.75) is 13.0 Å². The lowest BCUT2D eigenvalue weighted by Gasteiger charge is -2.28. The molecule has 2 aliphatic heterocycles. The van der Waals surface area contributed by atoms with Crippen LogP contribution in [0.2, 0.25) is 0 Å². The summed E-state index contributed by atoms with van der Waals surface area (Å²) in [7, 11) is 1.22. The number of dihydropyridines is 1. The predicted molar refractivity (Wildman–Crippen MR) is 81.7 cm³/mol. The molecule has 2 heterocycles. The summed E-state index contributed by atoms with van der Waals surface area (Å²) < 4.78 is 9.81. The summed E-state index contributed by atoms with van der Waals surface area (Å²) in [4.78, 5) is 35.0. The molecule has 24 heavy (non-hydrogen) atoms. The van der Waals surface area contributed by atoms with Crippen molar-refractivity contribution >= 4 is 17.6 Å². The molecule has 0 saturated heterocycles. The Labute approximate surface area is 136 Å². The molecule has 8 nitrogen and oxygen atoms in total. The van der Waals surface area contributed by atoms with Gasteiger partial charge in [0.1, 0.15) is 6.61 Å². The van der Waals surface area contributed by atoms with E-state index in [0.29, 0.717) is 16.8 Å². The van der Waals surface area contributed by atoms with Crippen molar-refractivity contribution in [2.24, 2.45) is 0 Å². The predicted octanol–water partition coefficient (Wildman–Crippen LogP) is 1.54. The fourth-order valence-corrected chi connectivity index (χ4v) is 3.01. The van der Waals surface area contributed by atoms with Crippen molar-refractivity contribution in [3.05, 3.63) is 62.4 Å². The molecule has 0 bridgehead atoms. The summed E-state index contributed by atoms with van der Waals surface area (Å²) >= 11 is 0. The first-order chi connectivity index (χ1) is 11.5. The van der Waals surface area contributed by atoms with Gasteiger partial charge in [-0.25, -0.2) is 9.59 Å². The maximum Gasteiger partial charge on any atom is 0.340 e. The van der Waals surface area contributed by atoms with Crippen LogP contribution < -0.4 is 5.32 Å². The second kappa shape index (κ2) is 5.80. The highest BCUT2D eigenvalue weighted by atomic mass is 16.6. The SMILES string of the molecule is COC(=O)C1=C(C)C2=C(COC2=O)N[C@H]1c1ccccc1[N+](=O)[O-]. The number of nitrogens with one attached hydrogen (secondary N) is 1. The number of carbonyl (C=O) groups is 2. The van der Waals surface area contributed by atoms with Crippen LogP contribution in [0.25, 0.3) is 0 Å². The number of carbonyl (C=O) groups excluding carboxylic acids is 2. The van der Waals surface area contributed by atoms with E-state index in [1.807, 2.05) is 0 Å². The summed E-state index contributed by atoms with van der Waals surface area (Å²) in [6.45, 7) is 1.65. The van der Waals surface area contributed by atoms with Crippen molar-refractivity contribution in [3.63, 3.8) is 0 Å². The van der Waals surface area contributed by atoms with Gasteiger partial charge in [-0.2, -0.15) is 0 Å². The van der Waals surface area contributed by atoms with E-state index in [9.17, 15) is 19.7 Å². The highest BCUT2D eigenvalue weighted by Gasteiger charge is 2.40. The molecule has 0 saturated carbocycles. The third-order valence-electron chi connectivity index (χ3n) is 4.09. The highest BCUT2D eigenvalue weighted by Crippen LogP contribution is 2.39. The van der Waals surface area contributed by atoms with Crippen LogP contribution in [0.3, 0.4) is 0 Å². The normalized spacial score (nSPS) is 19.6. The van der Waals surface area contributed by atoms with Crippen LogP contribution in [-0.2, 0) is 19.1 Å². The second-order valence-corrected chi connectivity index (χ2v) is 5.35. The smallest absolute Gasteiger partial charge is 0.340 e. The van der Waals surface area contributed by atoms with E-state index < -0.39 is 22.9 Å². The highest BCUT2D eigenvalue weighted by molar-refractivity contribution is 6.02. The fraction of sp³-hybridized carbons (Fsp3) is 0.250. The summed E-state index contributed by atoms with van der Waals surface area (Å²) in [6.07, 6.45) is 0. The van der Waals surface area contributed by atoms with Crippen molar-refractivity contribution < 1.29 is 24.0 Å². The zero-order chi connectivity index (χ0) is 17.4. The average Bonchev–Trinajstić information content (AvgIpc) is 2.95. The quantitative estimate of drug-likeness (QED) is 0.509. The van der Waals surface area contributed by atoms with Crippen molar-refractivity contribution in [1.82, 2.24) is 5.32 Å². The molecule has 1 aromatic rings. The van der Waals surface area contributed by atoms with E-state index in [-0.39, 0.29) is 23.4 Å². The molecule has 124 valence electrons. The van der Waals surface area contributed by atoms with Gasteiger partial charge in [0.05, 0.1) is 40.5 Å². The molecule has 0 radical (unpaired) electrons. The van der Waals surface area contributed by atoms with E-state index in [1.165, 1.54) is 13.2 Å². The molecule has 3 rings (SSSR count). The van der Waals surface area contributed by atoms with Gasteiger partial charge in [-0.15, -0.1) is 0 Å². The molecule has 0 spiro atoms. The Morgan fingerprint density at radius 1 is 1.42 bits per heavy atom. The van der Waals surface area contributed by atoms with E-state index in [1.54, 1.807) is 25.1 Å². The van der Waals surface area contributed by atoms with Gasteiger partial charge in [-0.3, -0.25) is 10.1 Å². The topological polar surface area (TPSA) is 108 Å². The Bertz CT molecular complexity index is 824. The molecule has 0 amide bonds. The lowest BCUT2D eigenvalue weighted by atomic mass is 9.87. The Hall–Kier alpha value is -3.16. The number of methoxy groups -OCH3 is 1. The first-order valence-corrected chi connectivity index (χ1v) is 7.15. The van der Waals surface area contributed by atoms with Crippen LogP contribution in [0.1, 0.15) is 18.5 Å². The van der Waals surface area contributed by atoms with Gasteiger partial charge >= 0.3 is 11.9 Å². The van der Waals surface area contributed by atoms with Gasteiger partial charge in [-0.05, 0) is 18.6 Å². The standard InChI is InChI=1S/C16H14N2O6/c1-8-12-10(7-24-16(12)20)17-14(13(8)15(19)23-2)9-5-3-4-6-11(9)18(21)22/h3-6,14,17H,7H2,1-2H3/t14-/m0/s1. The first-order valence-electron chi connectivity index (χ1n) is 7.15. The largest absolute Gasteiger partial charge is 0.466 e. The number of cyclic esters (lactones) is 1. The molecule has 0 aliphatic carbocycles. The number of para-hydroxylation sites is 1. The van der Waals surface area contributed by atoms with Crippen LogP contribution >= 0.6 is 0 Å². The molecule has 1 aromatic carbocycles. The summed E-state index contributed by atoms with van der Waals surface area (Å²) in [5.41, 5.74) is 1.54. The number of nitrogens with zero attached hydrogens (tertiary/aromatic N) is 1. The monoisotopic (exact) mass is 330 g/mol. The van der Waals surface area contributed by atoms with Crippen LogP contribution in [0.5, 0.6) is 0 Å². The minimum absolute atomic E-state index is 0.0388. The number of ether oxygens (including phenoxy) is 2. The number of nitro groups is 1. The van der Waals surface area contributed by atoms with E-state index in [0.717, 1.165) is 0 Å². The van der Waals surface area contributed by atoms with Crippen LogP contribution in [0, 0.1) is 10.1 Å². The van der Waals surface area contributed by atoms with Gasteiger partial charge in [0.15, 0.2) is 0 Å². The Morgan fingerprint density at radius 3 is 2.79 bits per heavy atom. The maximum atomic E-state index is 12.3. The molecule has 8 heteroatoms. The molecule has 1 N–H and O–H groups in total. The zero-order valence-electron chi connectivity index (χ0n) is 13.0. The third kappa shape index (κ3) is 2.32. The molecular formula is C16H14N2O6. The average molecular weight is 330 g/mol. The van der Waals surface area contributed by atoms with Gasteiger partial charge in [0, 0.05) is 6.07 Å². The lowest BCUT2D eigenvalue weighted by Crippen LogP contribution is -2.33. The minimum atomic E-state index is -0.799. The van der Waals surface area contributed by atoms with Crippen molar-refractivity contribution in [2.75, 3.05) is 13.7 Å². The minimum Gasteiger partial charge on any atom is -0.466 e. The molecule has 1 atom stereocenters.